The van der Waals surface area contributed by atoms with Crippen LogP contribution in [0.5, 0.6) is 0 Å². The van der Waals surface area contributed by atoms with E-state index < -0.39 is 0 Å². The van der Waals surface area contributed by atoms with Crippen molar-refractivity contribution in [2.45, 2.75) is 18.8 Å². The number of rotatable bonds is 7. The van der Waals surface area contributed by atoms with Gasteiger partial charge in [0.15, 0.2) is 0 Å². The molecule has 0 bridgehead atoms. The lowest BCUT2D eigenvalue weighted by atomic mass is 10.1. The zero-order valence-electron chi connectivity index (χ0n) is 12.9. The molecule has 0 aromatic heterocycles. The van der Waals surface area contributed by atoms with Gasteiger partial charge in [-0.05, 0) is 41.8 Å². The van der Waals surface area contributed by atoms with Crippen LogP contribution in [0.4, 0.5) is 8.78 Å². The number of halogens is 4. The highest BCUT2D eigenvalue weighted by atomic mass is 35.5. The first-order valence-electron chi connectivity index (χ1n) is 7.42. The third-order valence-corrected chi connectivity index (χ3v) is 4.24. The lowest BCUT2D eigenvalue weighted by Gasteiger charge is -2.24. The summed E-state index contributed by atoms with van der Waals surface area (Å²) in [6, 6.07) is 11.3. The Hall–Kier alpha value is -1.16. The largest absolute Gasteiger partial charge is 0.296 e. The lowest BCUT2D eigenvalue weighted by molar-refractivity contribution is 0.281. The van der Waals surface area contributed by atoms with Gasteiger partial charge in [-0.2, -0.15) is 0 Å². The van der Waals surface area contributed by atoms with Gasteiger partial charge in [-0.15, -0.1) is 23.2 Å². The monoisotopic (exact) mass is 357 g/mol. The predicted octanol–water partition coefficient (Wildman–Crippen LogP) is 5.29. The molecule has 5 heteroatoms. The van der Waals surface area contributed by atoms with Gasteiger partial charge in [0.05, 0.1) is 5.38 Å². The van der Waals surface area contributed by atoms with Crippen LogP contribution in [0.1, 0.15) is 22.1 Å². The van der Waals surface area contributed by atoms with Crippen LogP contribution in [0.2, 0.25) is 0 Å². The first-order valence-corrected chi connectivity index (χ1v) is 8.39. The van der Waals surface area contributed by atoms with Crippen LogP contribution in [-0.2, 0) is 6.54 Å². The van der Waals surface area contributed by atoms with Crippen molar-refractivity contribution in [2.75, 3.05) is 19.0 Å². The maximum atomic E-state index is 13.4. The fourth-order valence-corrected chi connectivity index (χ4v) is 3.00. The van der Waals surface area contributed by atoms with Gasteiger partial charge in [-0.1, -0.05) is 24.3 Å². The van der Waals surface area contributed by atoms with Crippen LogP contribution in [0.25, 0.3) is 0 Å². The Kier molecular flexibility index (Phi) is 6.82. The van der Waals surface area contributed by atoms with Gasteiger partial charge < -0.3 is 0 Å². The van der Waals surface area contributed by atoms with E-state index >= 15 is 0 Å². The van der Waals surface area contributed by atoms with Crippen LogP contribution in [0.15, 0.2) is 42.5 Å². The summed E-state index contributed by atoms with van der Waals surface area (Å²) in [6.07, 6.45) is 0. The molecule has 0 amide bonds. The fourth-order valence-electron chi connectivity index (χ4n) is 2.42. The lowest BCUT2D eigenvalue weighted by Crippen LogP contribution is -2.29. The second kappa shape index (κ2) is 8.62. The molecule has 0 N–H and O–H groups in total. The van der Waals surface area contributed by atoms with Crippen LogP contribution >= 0.6 is 23.2 Å². The Morgan fingerprint density at radius 2 is 1.78 bits per heavy atom. The molecule has 23 heavy (non-hydrogen) atoms. The van der Waals surface area contributed by atoms with Crippen molar-refractivity contribution in [2.24, 2.45) is 0 Å². The maximum absolute atomic E-state index is 13.4. The molecule has 0 radical (unpaired) electrons. The highest BCUT2D eigenvalue weighted by Gasteiger charge is 2.14. The number of nitrogens with zero attached hydrogens (tertiary/aromatic N) is 1. The Morgan fingerprint density at radius 1 is 1.09 bits per heavy atom. The van der Waals surface area contributed by atoms with Gasteiger partial charge in [-0.25, -0.2) is 8.78 Å². The molecule has 0 saturated heterocycles. The molecule has 2 aromatic carbocycles. The molecule has 2 rings (SSSR count). The minimum atomic E-state index is -0.281. The number of hydrogen-bond donors (Lipinski definition) is 0. The van der Waals surface area contributed by atoms with Crippen molar-refractivity contribution >= 4 is 23.2 Å². The van der Waals surface area contributed by atoms with E-state index in [0.717, 1.165) is 11.1 Å². The van der Waals surface area contributed by atoms with Crippen LogP contribution in [0, 0.1) is 18.6 Å². The topological polar surface area (TPSA) is 3.24 Å². The molecule has 0 heterocycles. The number of alkyl halides is 2. The van der Waals surface area contributed by atoms with Gasteiger partial charge in [-0.3, -0.25) is 4.90 Å². The number of aryl methyl sites for hydroxylation is 1. The molecule has 0 aliphatic rings. The van der Waals surface area contributed by atoms with E-state index in [4.69, 9.17) is 23.2 Å². The van der Waals surface area contributed by atoms with Crippen LogP contribution < -0.4 is 0 Å². The van der Waals surface area contributed by atoms with Crippen molar-refractivity contribution in [3.8, 4) is 0 Å². The number of hydrogen-bond acceptors (Lipinski definition) is 1. The molecular weight excluding hydrogens is 339 g/mol. The summed E-state index contributed by atoms with van der Waals surface area (Å²) in [6.45, 7) is 3.63. The third kappa shape index (κ3) is 5.45. The quantitative estimate of drug-likeness (QED) is 0.608. The van der Waals surface area contributed by atoms with E-state index in [1.807, 2.05) is 6.07 Å². The van der Waals surface area contributed by atoms with Crippen LogP contribution in [-0.4, -0.2) is 23.9 Å². The predicted molar refractivity (Wildman–Crippen MR) is 92.1 cm³/mol. The maximum Gasteiger partial charge on any atom is 0.126 e. The first kappa shape index (κ1) is 18.2. The summed E-state index contributed by atoms with van der Waals surface area (Å²) in [5.41, 5.74) is 2.49. The summed E-state index contributed by atoms with van der Waals surface area (Å²) in [5.74, 6) is -0.0103. The van der Waals surface area contributed by atoms with Gasteiger partial charge in [0, 0.05) is 25.5 Å². The van der Waals surface area contributed by atoms with Gasteiger partial charge in [0.1, 0.15) is 11.6 Å². The molecule has 1 atom stereocenters. The van der Waals surface area contributed by atoms with Crippen LogP contribution in [0.3, 0.4) is 0 Å². The summed E-state index contributed by atoms with van der Waals surface area (Å²) in [5, 5.41) is -0.264. The second-order valence-electron chi connectivity index (χ2n) is 5.53. The summed E-state index contributed by atoms with van der Waals surface area (Å²) in [4.78, 5) is 2.11. The van der Waals surface area contributed by atoms with Crippen molar-refractivity contribution in [3.05, 3.63) is 70.8 Å². The van der Waals surface area contributed by atoms with Gasteiger partial charge in [0.2, 0.25) is 0 Å². The molecule has 124 valence electrons. The van der Waals surface area contributed by atoms with Crippen molar-refractivity contribution in [1.29, 1.82) is 0 Å². The molecule has 1 unspecified atom stereocenters. The molecule has 0 aliphatic carbocycles. The average Bonchev–Trinajstić information content (AvgIpc) is 2.52. The molecule has 1 nitrogen and oxygen atoms in total. The standard InChI is InChI=1S/C18H19Cl2F2N/c1-13-10-14(2-7-18(13)22)11-23(9-8-19)12-17(20)15-3-5-16(21)6-4-15/h2-7,10,17H,8-9,11-12H2,1H3. The number of benzene rings is 2. The van der Waals surface area contributed by atoms with E-state index in [0.29, 0.717) is 31.1 Å². The highest BCUT2D eigenvalue weighted by molar-refractivity contribution is 6.21. The summed E-state index contributed by atoms with van der Waals surface area (Å²) >= 11 is 12.3. The highest BCUT2D eigenvalue weighted by Crippen LogP contribution is 2.23. The van der Waals surface area contributed by atoms with E-state index in [2.05, 4.69) is 4.90 Å². The minimum absolute atomic E-state index is 0.209. The minimum Gasteiger partial charge on any atom is -0.296 e. The summed E-state index contributed by atoms with van der Waals surface area (Å²) in [7, 11) is 0. The van der Waals surface area contributed by atoms with Gasteiger partial charge in [0.25, 0.3) is 0 Å². The Morgan fingerprint density at radius 3 is 2.39 bits per heavy atom. The van der Waals surface area contributed by atoms with E-state index in [1.54, 1.807) is 25.1 Å². The average molecular weight is 358 g/mol. The molecule has 0 aliphatic heterocycles. The van der Waals surface area contributed by atoms with E-state index in [1.165, 1.54) is 18.2 Å². The Bertz CT molecular complexity index is 631. The second-order valence-corrected chi connectivity index (χ2v) is 6.43. The Labute approximate surface area is 145 Å². The smallest absolute Gasteiger partial charge is 0.126 e. The SMILES string of the molecule is Cc1cc(CN(CCCl)CC(Cl)c2ccc(F)cc2)ccc1F. The van der Waals surface area contributed by atoms with Crippen molar-refractivity contribution in [3.63, 3.8) is 0 Å². The van der Waals surface area contributed by atoms with E-state index in [9.17, 15) is 8.78 Å². The molecule has 0 fully saturated rings. The van der Waals surface area contributed by atoms with Crippen molar-refractivity contribution < 1.29 is 8.78 Å². The zero-order chi connectivity index (χ0) is 16.8. The fraction of sp³-hybridized carbons (Fsp3) is 0.333. The molecule has 0 spiro atoms. The first-order chi connectivity index (χ1) is 11.0. The zero-order valence-corrected chi connectivity index (χ0v) is 14.4. The third-order valence-electron chi connectivity index (χ3n) is 3.68. The molecular formula is C18H19Cl2F2N. The molecule has 2 aromatic rings. The van der Waals surface area contributed by atoms with Crippen molar-refractivity contribution in [1.82, 2.24) is 4.90 Å². The normalized spacial score (nSPS) is 12.6. The molecule has 0 saturated carbocycles. The van der Waals surface area contributed by atoms with E-state index in [-0.39, 0.29) is 17.0 Å². The van der Waals surface area contributed by atoms with Gasteiger partial charge >= 0.3 is 0 Å². The Balaban J connectivity index is 2.05. The summed E-state index contributed by atoms with van der Waals surface area (Å²) < 4.78 is 26.4.